The quantitative estimate of drug-likeness (QED) is 0.685. The lowest BCUT2D eigenvalue weighted by Gasteiger charge is -2.21. The highest BCUT2D eigenvalue weighted by molar-refractivity contribution is 5.83. The van der Waals surface area contributed by atoms with Crippen LogP contribution in [0.5, 0.6) is 5.75 Å². The molecule has 2 rings (SSSR count). The number of nitrogens with one attached hydrogen (secondary N) is 1. The Balaban J connectivity index is 1.91. The van der Waals surface area contributed by atoms with Crippen LogP contribution in [0.3, 0.4) is 0 Å². The topological polar surface area (TPSA) is 64.6 Å². The third kappa shape index (κ3) is 5.84. The molecular formula is C22H27NO4. The fraction of sp³-hybridized carbons (Fsp3) is 0.364. The average molecular weight is 369 g/mol. The molecule has 1 N–H and O–H groups in total. The van der Waals surface area contributed by atoms with Gasteiger partial charge in [0, 0.05) is 12.1 Å². The fourth-order valence-electron chi connectivity index (χ4n) is 2.91. The van der Waals surface area contributed by atoms with E-state index in [1.165, 1.54) is 0 Å². The number of hydrogen-bond donors (Lipinski definition) is 1. The monoisotopic (exact) mass is 369 g/mol. The molecule has 0 saturated heterocycles. The Kier molecular flexibility index (Phi) is 7.86. The van der Waals surface area contributed by atoms with E-state index < -0.39 is 0 Å². The second-order valence-corrected chi connectivity index (χ2v) is 6.47. The van der Waals surface area contributed by atoms with E-state index in [0.29, 0.717) is 12.3 Å². The Morgan fingerprint density at radius 3 is 2.37 bits per heavy atom. The Bertz CT molecular complexity index is 745. The number of methoxy groups -OCH3 is 1. The molecule has 1 amide bonds. The predicted molar refractivity (Wildman–Crippen MR) is 104 cm³/mol. The smallest absolute Gasteiger partial charge is 0.314 e. The van der Waals surface area contributed by atoms with Crippen LogP contribution in [-0.2, 0) is 20.9 Å². The van der Waals surface area contributed by atoms with E-state index in [1.54, 1.807) is 7.11 Å². The zero-order valence-electron chi connectivity index (χ0n) is 16.1. The molecule has 2 aromatic rings. The molecule has 27 heavy (non-hydrogen) atoms. The summed E-state index contributed by atoms with van der Waals surface area (Å²) in [5.74, 6) is -0.265. The third-order valence-corrected chi connectivity index (χ3v) is 4.64. The van der Waals surface area contributed by atoms with Gasteiger partial charge in [-0.1, -0.05) is 68.8 Å². The minimum absolute atomic E-state index is 0.122. The van der Waals surface area contributed by atoms with E-state index in [4.69, 9.17) is 9.47 Å². The molecule has 2 aromatic carbocycles. The predicted octanol–water partition coefficient (Wildman–Crippen LogP) is 3.68. The van der Waals surface area contributed by atoms with Gasteiger partial charge >= 0.3 is 5.97 Å². The first-order chi connectivity index (χ1) is 13.1. The van der Waals surface area contributed by atoms with Crippen molar-refractivity contribution in [2.24, 2.45) is 5.92 Å². The second kappa shape index (κ2) is 10.4. The number of hydrogen-bond acceptors (Lipinski definition) is 4. The Labute approximate surface area is 160 Å². The standard InChI is InChI=1S/C22H27NO4/c1-4-16(2)21(17-10-6-5-7-11-17)22(25)27-15-20(24)23-14-18-12-8-9-13-19(18)26-3/h5-13,16,21H,4,14-15H2,1-3H3,(H,23,24). The van der Waals surface area contributed by atoms with Gasteiger partial charge in [0.05, 0.1) is 13.0 Å². The van der Waals surface area contributed by atoms with Crippen LogP contribution in [0, 0.1) is 5.92 Å². The maximum atomic E-state index is 12.6. The average Bonchev–Trinajstić information content (AvgIpc) is 2.71. The number of rotatable bonds is 9. The number of para-hydroxylation sites is 1. The number of carbonyl (C=O) groups excluding carboxylic acids is 2. The zero-order chi connectivity index (χ0) is 19.6. The maximum Gasteiger partial charge on any atom is 0.314 e. The molecule has 0 aliphatic rings. The van der Waals surface area contributed by atoms with Crippen molar-refractivity contribution in [2.75, 3.05) is 13.7 Å². The summed E-state index contributed by atoms with van der Waals surface area (Å²) in [5.41, 5.74) is 1.77. The Morgan fingerprint density at radius 1 is 1.04 bits per heavy atom. The van der Waals surface area contributed by atoms with Crippen molar-refractivity contribution in [1.82, 2.24) is 5.32 Å². The van der Waals surface area contributed by atoms with Gasteiger partial charge in [-0.05, 0) is 17.5 Å². The highest BCUT2D eigenvalue weighted by Crippen LogP contribution is 2.28. The fourth-order valence-corrected chi connectivity index (χ4v) is 2.91. The molecule has 5 nitrogen and oxygen atoms in total. The van der Waals surface area contributed by atoms with Crippen molar-refractivity contribution in [3.8, 4) is 5.75 Å². The molecule has 2 atom stereocenters. The van der Waals surface area contributed by atoms with E-state index in [-0.39, 0.29) is 30.3 Å². The number of carbonyl (C=O) groups is 2. The SMILES string of the molecule is CCC(C)C(C(=O)OCC(=O)NCc1ccccc1OC)c1ccccc1. The lowest BCUT2D eigenvalue weighted by molar-refractivity contribution is -0.151. The zero-order valence-corrected chi connectivity index (χ0v) is 16.1. The Hall–Kier alpha value is -2.82. The number of amides is 1. The van der Waals surface area contributed by atoms with Crippen LogP contribution in [0.4, 0.5) is 0 Å². The summed E-state index contributed by atoms with van der Waals surface area (Å²) in [4.78, 5) is 24.7. The molecule has 0 aromatic heterocycles. The first-order valence-corrected chi connectivity index (χ1v) is 9.17. The van der Waals surface area contributed by atoms with Crippen molar-refractivity contribution in [3.05, 3.63) is 65.7 Å². The molecule has 0 heterocycles. The van der Waals surface area contributed by atoms with Crippen LogP contribution in [0.1, 0.15) is 37.3 Å². The highest BCUT2D eigenvalue weighted by Gasteiger charge is 2.27. The third-order valence-electron chi connectivity index (χ3n) is 4.64. The van der Waals surface area contributed by atoms with Crippen LogP contribution < -0.4 is 10.1 Å². The van der Waals surface area contributed by atoms with Gasteiger partial charge in [0.15, 0.2) is 6.61 Å². The lowest BCUT2D eigenvalue weighted by atomic mass is 9.86. The summed E-state index contributed by atoms with van der Waals surface area (Å²) in [6, 6.07) is 17.0. The van der Waals surface area contributed by atoms with E-state index in [0.717, 1.165) is 17.5 Å². The van der Waals surface area contributed by atoms with Gasteiger partial charge in [0.2, 0.25) is 0 Å². The minimum Gasteiger partial charge on any atom is -0.496 e. The molecule has 0 fully saturated rings. The largest absolute Gasteiger partial charge is 0.496 e. The van der Waals surface area contributed by atoms with Gasteiger partial charge in [-0.2, -0.15) is 0 Å². The van der Waals surface area contributed by atoms with E-state index in [2.05, 4.69) is 5.32 Å². The normalized spacial score (nSPS) is 12.7. The lowest BCUT2D eigenvalue weighted by Crippen LogP contribution is -2.31. The van der Waals surface area contributed by atoms with Gasteiger partial charge < -0.3 is 14.8 Å². The van der Waals surface area contributed by atoms with Crippen molar-refractivity contribution in [2.45, 2.75) is 32.7 Å². The van der Waals surface area contributed by atoms with Crippen LogP contribution in [-0.4, -0.2) is 25.6 Å². The molecule has 0 saturated carbocycles. The molecule has 2 unspecified atom stereocenters. The summed E-state index contributed by atoms with van der Waals surface area (Å²) in [5, 5.41) is 2.75. The first-order valence-electron chi connectivity index (χ1n) is 9.17. The van der Waals surface area contributed by atoms with Crippen LogP contribution in [0.2, 0.25) is 0 Å². The van der Waals surface area contributed by atoms with Crippen LogP contribution in [0.25, 0.3) is 0 Å². The van der Waals surface area contributed by atoms with Gasteiger partial charge in [-0.25, -0.2) is 0 Å². The second-order valence-electron chi connectivity index (χ2n) is 6.47. The molecule has 0 spiro atoms. The minimum atomic E-state index is -0.377. The maximum absolute atomic E-state index is 12.6. The Morgan fingerprint density at radius 2 is 1.70 bits per heavy atom. The molecule has 5 heteroatoms. The summed E-state index contributed by atoms with van der Waals surface area (Å²) in [6.45, 7) is 4.07. The van der Waals surface area contributed by atoms with Crippen molar-refractivity contribution < 1.29 is 19.1 Å². The van der Waals surface area contributed by atoms with E-state index in [9.17, 15) is 9.59 Å². The van der Waals surface area contributed by atoms with E-state index in [1.807, 2.05) is 68.4 Å². The summed E-state index contributed by atoms with van der Waals surface area (Å²) < 4.78 is 10.6. The number of ether oxygens (including phenoxy) is 2. The van der Waals surface area contributed by atoms with Crippen molar-refractivity contribution >= 4 is 11.9 Å². The molecule has 0 bridgehead atoms. The molecule has 0 aliphatic carbocycles. The van der Waals surface area contributed by atoms with Crippen LogP contribution >= 0.6 is 0 Å². The van der Waals surface area contributed by atoms with Gasteiger partial charge in [0.1, 0.15) is 5.75 Å². The number of esters is 1. The first kappa shape index (κ1) is 20.5. The van der Waals surface area contributed by atoms with Crippen molar-refractivity contribution in [3.63, 3.8) is 0 Å². The highest BCUT2D eigenvalue weighted by atomic mass is 16.5. The number of benzene rings is 2. The van der Waals surface area contributed by atoms with E-state index >= 15 is 0 Å². The summed E-state index contributed by atoms with van der Waals surface area (Å²) in [7, 11) is 1.58. The molecule has 0 radical (unpaired) electrons. The molecule has 0 aliphatic heterocycles. The van der Waals surface area contributed by atoms with Gasteiger partial charge in [-0.3, -0.25) is 9.59 Å². The molecule has 144 valence electrons. The summed E-state index contributed by atoms with van der Waals surface area (Å²) >= 11 is 0. The van der Waals surface area contributed by atoms with Crippen LogP contribution in [0.15, 0.2) is 54.6 Å². The van der Waals surface area contributed by atoms with Gasteiger partial charge in [0.25, 0.3) is 5.91 Å². The van der Waals surface area contributed by atoms with Crippen molar-refractivity contribution in [1.29, 1.82) is 0 Å². The van der Waals surface area contributed by atoms with Gasteiger partial charge in [-0.15, -0.1) is 0 Å². The molecular weight excluding hydrogens is 342 g/mol. The summed E-state index contributed by atoms with van der Waals surface area (Å²) in [6.07, 6.45) is 0.842.